The second-order valence-electron chi connectivity index (χ2n) is 12.6. The molecule has 3 amide bonds. The molecule has 2 aliphatic rings. The number of aromatic amines is 2. The molecule has 2 saturated heterocycles. The molecule has 256 valence electrons. The van der Waals surface area contributed by atoms with Crippen molar-refractivity contribution in [2.24, 2.45) is 0 Å². The summed E-state index contributed by atoms with van der Waals surface area (Å²) in [6.45, 7) is 4.38. The van der Waals surface area contributed by atoms with Gasteiger partial charge in [0.25, 0.3) is 0 Å². The molecule has 2 aliphatic heterocycles. The highest BCUT2D eigenvalue weighted by Gasteiger charge is 2.42. The Labute approximate surface area is 283 Å². The van der Waals surface area contributed by atoms with Crippen molar-refractivity contribution in [1.82, 2.24) is 40.4 Å². The Bertz CT molecular complexity index is 1820. The number of imidazole rings is 2. The van der Waals surface area contributed by atoms with Crippen molar-refractivity contribution in [3.63, 3.8) is 0 Å². The van der Waals surface area contributed by atoms with Gasteiger partial charge in [-0.3, -0.25) is 19.8 Å². The van der Waals surface area contributed by atoms with E-state index in [9.17, 15) is 24.3 Å². The molecule has 4 heterocycles. The molecule has 0 bridgehead atoms. The summed E-state index contributed by atoms with van der Waals surface area (Å²) in [4.78, 5) is 67.5. The van der Waals surface area contributed by atoms with Crippen LogP contribution in [0.25, 0.3) is 33.6 Å². The average molecular weight is 669 g/mol. The van der Waals surface area contributed by atoms with Crippen molar-refractivity contribution in [1.29, 1.82) is 0 Å². The van der Waals surface area contributed by atoms with Gasteiger partial charge in [-0.2, -0.15) is 0 Å². The van der Waals surface area contributed by atoms with Crippen molar-refractivity contribution in [2.75, 3.05) is 20.2 Å². The van der Waals surface area contributed by atoms with Crippen molar-refractivity contribution < 1.29 is 29.0 Å². The van der Waals surface area contributed by atoms with Crippen molar-refractivity contribution in [3.8, 4) is 33.6 Å². The molecular formula is C35H40N8O6. The second kappa shape index (κ2) is 13.9. The van der Waals surface area contributed by atoms with Crippen LogP contribution in [0.5, 0.6) is 0 Å². The molecule has 0 aliphatic carbocycles. The number of H-pyrrole nitrogens is 2. The Kier molecular flexibility index (Phi) is 9.49. The topological polar surface area (TPSA) is 186 Å². The Balaban J connectivity index is 1.11. The van der Waals surface area contributed by atoms with Gasteiger partial charge < -0.3 is 30.0 Å². The molecule has 0 radical (unpaired) electrons. The summed E-state index contributed by atoms with van der Waals surface area (Å²) < 4.78 is 4.63. The van der Waals surface area contributed by atoms with E-state index in [4.69, 9.17) is 0 Å². The first kappa shape index (κ1) is 33.4. The number of alkyl carbamates (subject to hydrolysis) is 1. The van der Waals surface area contributed by atoms with Crippen LogP contribution in [-0.4, -0.2) is 91.1 Å². The normalized spacial score (nSPS) is 19.6. The third kappa shape index (κ3) is 6.90. The van der Waals surface area contributed by atoms with Crippen LogP contribution < -0.4 is 10.6 Å². The lowest BCUT2D eigenvalue weighted by Gasteiger charge is -2.37. The number of aromatic nitrogens is 4. The van der Waals surface area contributed by atoms with Crippen LogP contribution in [0.2, 0.25) is 0 Å². The minimum absolute atomic E-state index is 0.178. The van der Waals surface area contributed by atoms with E-state index in [-0.39, 0.29) is 18.0 Å². The predicted molar refractivity (Wildman–Crippen MR) is 180 cm³/mol. The maximum absolute atomic E-state index is 13.0. The molecule has 0 saturated carbocycles. The molecule has 2 aromatic carbocycles. The molecule has 2 fully saturated rings. The van der Waals surface area contributed by atoms with E-state index in [1.54, 1.807) is 31.1 Å². The number of likely N-dealkylation sites (tertiary alicyclic amines) is 2. The number of amides is 3. The summed E-state index contributed by atoms with van der Waals surface area (Å²) in [7, 11) is 1.27. The molecule has 6 rings (SSSR count). The monoisotopic (exact) mass is 668 g/mol. The van der Waals surface area contributed by atoms with Crippen LogP contribution in [0.1, 0.15) is 63.3 Å². The maximum Gasteiger partial charge on any atom is 0.407 e. The van der Waals surface area contributed by atoms with Gasteiger partial charge >= 0.3 is 12.2 Å². The zero-order valence-electron chi connectivity index (χ0n) is 27.6. The van der Waals surface area contributed by atoms with Gasteiger partial charge in [-0.05, 0) is 61.8 Å². The number of nitrogens with one attached hydrogen (secondary N) is 4. The first-order chi connectivity index (χ1) is 23.6. The molecule has 2 aromatic heterocycles. The number of nitrogens with zero attached hydrogens (tertiary/aromatic N) is 4. The fourth-order valence-corrected chi connectivity index (χ4v) is 6.84. The van der Waals surface area contributed by atoms with Crippen molar-refractivity contribution in [3.05, 3.63) is 72.6 Å². The number of benzene rings is 2. The Morgan fingerprint density at radius 3 is 1.94 bits per heavy atom. The third-order valence-corrected chi connectivity index (χ3v) is 9.41. The number of carboxylic acid groups (broad SMARTS) is 1. The van der Waals surface area contributed by atoms with Gasteiger partial charge in [-0.25, -0.2) is 19.6 Å². The van der Waals surface area contributed by atoms with Gasteiger partial charge in [-0.15, -0.1) is 0 Å². The zero-order valence-corrected chi connectivity index (χ0v) is 27.6. The summed E-state index contributed by atoms with van der Waals surface area (Å²) in [6.07, 6.45) is 5.46. The van der Waals surface area contributed by atoms with E-state index in [1.165, 1.54) is 7.11 Å². The number of aldehydes is 1. The maximum atomic E-state index is 13.0. The Morgan fingerprint density at radius 1 is 0.898 bits per heavy atom. The van der Waals surface area contributed by atoms with E-state index in [1.807, 2.05) is 41.3 Å². The number of carbonyl (C=O) groups is 4. The number of carbonyl (C=O) groups excluding carboxylic acids is 3. The van der Waals surface area contributed by atoms with E-state index >= 15 is 0 Å². The summed E-state index contributed by atoms with van der Waals surface area (Å²) in [5.74, 6) is 1.22. The van der Waals surface area contributed by atoms with Gasteiger partial charge in [0.2, 0.25) is 5.91 Å². The lowest BCUT2D eigenvalue weighted by atomic mass is 10.0. The van der Waals surface area contributed by atoms with Crippen LogP contribution in [-0.2, 0) is 14.3 Å². The molecule has 0 unspecified atom stereocenters. The highest BCUT2D eigenvalue weighted by atomic mass is 16.5. The van der Waals surface area contributed by atoms with Crippen LogP contribution >= 0.6 is 0 Å². The average Bonchev–Trinajstić information content (AvgIpc) is 3.94. The van der Waals surface area contributed by atoms with Crippen LogP contribution in [0, 0.1) is 0 Å². The molecule has 4 atom stereocenters. The molecule has 14 heteroatoms. The molecule has 5 N–H and O–H groups in total. The van der Waals surface area contributed by atoms with Crippen LogP contribution in [0.3, 0.4) is 0 Å². The number of hydrogen-bond acceptors (Lipinski definition) is 8. The minimum atomic E-state index is -1.35. The molecule has 4 aromatic rings. The summed E-state index contributed by atoms with van der Waals surface area (Å²) in [6, 6.07) is 15.2. The second-order valence-corrected chi connectivity index (χ2v) is 12.6. The highest BCUT2D eigenvalue weighted by molar-refractivity contribution is 5.85. The van der Waals surface area contributed by atoms with E-state index in [0.29, 0.717) is 31.0 Å². The van der Waals surface area contributed by atoms with Gasteiger partial charge in [0.05, 0.1) is 43.0 Å². The molecular weight excluding hydrogens is 628 g/mol. The number of hydrogen-bond donors (Lipinski definition) is 5. The largest absolute Gasteiger partial charge is 0.465 e. The van der Waals surface area contributed by atoms with Gasteiger partial charge in [-0.1, -0.05) is 48.5 Å². The standard InChI is InChI=1S/C35H40N8O6/c1-21(38-34(48)49-3)32(45)42-16-4-6-28(42)30-36-18-26(39-30)24-12-8-22(9-13-24)23-10-14-25(15-11-23)27-19-37-31(40-27)29-7-5-17-43(29)35(2,20-44)41-33(46)47/h8-15,18-21,28-29,41H,4-7,16-17H2,1-3H3,(H,36,39)(H,37,40)(H,38,48)(H,46,47)/t21-,28-,29-,35-/m0/s1. The minimum Gasteiger partial charge on any atom is -0.465 e. The highest BCUT2D eigenvalue weighted by Crippen LogP contribution is 2.36. The third-order valence-electron chi connectivity index (χ3n) is 9.41. The summed E-state index contributed by atoms with van der Waals surface area (Å²) >= 11 is 0. The van der Waals surface area contributed by atoms with E-state index in [2.05, 4.69) is 47.4 Å². The number of ether oxygens (including phenoxy) is 1. The Morgan fingerprint density at radius 2 is 1.41 bits per heavy atom. The quantitative estimate of drug-likeness (QED) is 0.147. The smallest absolute Gasteiger partial charge is 0.407 e. The first-order valence-corrected chi connectivity index (χ1v) is 16.3. The summed E-state index contributed by atoms with van der Waals surface area (Å²) in [5.41, 5.74) is 4.32. The predicted octanol–water partition coefficient (Wildman–Crippen LogP) is 4.86. The SMILES string of the molecule is COC(=O)N[C@@H](C)C(=O)N1CCC[C@H]1c1ncc(-c2ccc(-c3ccc(-c4cnc([C@@H]5CCCN5[C@@](C)(C=O)NC(=O)O)[nH]4)cc3)cc2)[nH]1. The molecule has 14 nitrogen and oxygen atoms in total. The van der Waals surface area contributed by atoms with Gasteiger partial charge in [0.15, 0.2) is 11.9 Å². The summed E-state index contributed by atoms with van der Waals surface area (Å²) in [5, 5.41) is 14.2. The number of rotatable bonds is 10. The molecule has 0 spiro atoms. The van der Waals surface area contributed by atoms with Gasteiger partial charge in [0, 0.05) is 13.1 Å². The van der Waals surface area contributed by atoms with Crippen LogP contribution in [0.4, 0.5) is 9.59 Å². The van der Waals surface area contributed by atoms with E-state index < -0.39 is 23.9 Å². The van der Waals surface area contributed by atoms with Gasteiger partial charge in [0.1, 0.15) is 17.7 Å². The van der Waals surface area contributed by atoms with E-state index in [0.717, 1.165) is 59.3 Å². The number of methoxy groups -OCH3 is 1. The first-order valence-electron chi connectivity index (χ1n) is 16.3. The van der Waals surface area contributed by atoms with Crippen molar-refractivity contribution >= 4 is 24.4 Å². The zero-order chi connectivity index (χ0) is 34.7. The lowest BCUT2D eigenvalue weighted by molar-refractivity contribution is -0.134. The lowest BCUT2D eigenvalue weighted by Crippen LogP contribution is -2.59. The Hall–Kier alpha value is -5.50. The van der Waals surface area contributed by atoms with Crippen molar-refractivity contribution in [2.45, 2.75) is 63.3 Å². The molecule has 49 heavy (non-hydrogen) atoms. The fourth-order valence-electron chi connectivity index (χ4n) is 6.84. The fraction of sp³-hybridized carbons (Fsp3) is 0.371. The van der Waals surface area contributed by atoms with Crippen LogP contribution in [0.15, 0.2) is 60.9 Å².